The molecule has 0 atom stereocenters. The summed E-state index contributed by atoms with van der Waals surface area (Å²) in [5.41, 5.74) is 3.38. The van der Waals surface area contributed by atoms with Gasteiger partial charge in [-0.05, 0) is 36.2 Å². The van der Waals surface area contributed by atoms with E-state index in [1.54, 1.807) is 0 Å². The van der Waals surface area contributed by atoms with Crippen LogP contribution in [-0.2, 0) is 19.6 Å². The van der Waals surface area contributed by atoms with Gasteiger partial charge in [0.25, 0.3) is 0 Å². The van der Waals surface area contributed by atoms with Crippen LogP contribution in [0.1, 0.15) is 17.8 Å². The van der Waals surface area contributed by atoms with E-state index in [4.69, 9.17) is 9.72 Å². The molecule has 4 rings (SSSR count). The summed E-state index contributed by atoms with van der Waals surface area (Å²) < 4.78 is 8.08. The van der Waals surface area contributed by atoms with E-state index < -0.39 is 0 Å². The molecule has 0 aliphatic carbocycles. The Bertz CT molecular complexity index is 738. The Hall–Kier alpha value is -2.55. The summed E-state index contributed by atoms with van der Waals surface area (Å²) >= 11 is 0. The Morgan fingerprint density at radius 1 is 1.00 bits per heavy atom. The molecule has 2 aromatic carbocycles. The first-order valence-corrected chi connectivity index (χ1v) is 7.72. The second-order valence-electron chi connectivity index (χ2n) is 5.64. The van der Waals surface area contributed by atoms with Crippen LogP contribution in [0.4, 0.5) is 0 Å². The van der Waals surface area contributed by atoms with Crippen LogP contribution < -0.4 is 4.74 Å². The molecule has 110 valence electrons. The van der Waals surface area contributed by atoms with Gasteiger partial charge in [-0.15, -0.1) is 0 Å². The smallest absolute Gasteiger partial charge is 0.119 e. The summed E-state index contributed by atoms with van der Waals surface area (Å²) in [6.45, 7) is 1.69. The summed E-state index contributed by atoms with van der Waals surface area (Å²) in [5.74, 6) is 2.10. The predicted molar refractivity (Wildman–Crippen MR) is 86.8 cm³/mol. The molecule has 0 fully saturated rings. The minimum atomic E-state index is 0.596. The molecule has 0 bridgehead atoms. The Balaban J connectivity index is 1.46. The SMILES string of the molecule is c1ccc(COc2ccc(-c3cn4c(n3)CCC4)cc2)cc1. The van der Waals surface area contributed by atoms with Crippen LogP contribution in [0.25, 0.3) is 11.3 Å². The van der Waals surface area contributed by atoms with Gasteiger partial charge in [0.15, 0.2) is 0 Å². The van der Waals surface area contributed by atoms with Crippen LogP contribution in [0.15, 0.2) is 60.8 Å². The van der Waals surface area contributed by atoms with Crippen molar-refractivity contribution in [1.82, 2.24) is 9.55 Å². The second-order valence-corrected chi connectivity index (χ2v) is 5.64. The fraction of sp³-hybridized carbons (Fsp3) is 0.211. The molecule has 3 aromatic rings. The molecular formula is C19H18N2O. The highest BCUT2D eigenvalue weighted by Crippen LogP contribution is 2.25. The van der Waals surface area contributed by atoms with E-state index in [2.05, 4.69) is 35.0 Å². The zero-order chi connectivity index (χ0) is 14.8. The zero-order valence-electron chi connectivity index (χ0n) is 12.4. The first-order valence-electron chi connectivity index (χ1n) is 7.72. The Morgan fingerprint density at radius 2 is 1.82 bits per heavy atom. The van der Waals surface area contributed by atoms with Gasteiger partial charge in [-0.2, -0.15) is 0 Å². The third-order valence-electron chi connectivity index (χ3n) is 4.06. The third kappa shape index (κ3) is 2.62. The van der Waals surface area contributed by atoms with Crippen LogP contribution >= 0.6 is 0 Å². The fourth-order valence-electron chi connectivity index (χ4n) is 2.86. The van der Waals surface area contributed by atoms with Crippen LogP contribution in [0.2, 0.25) is 0 Å². The largest absolute Gasteiger partial charge is 0.489 e. The van der Waals surface area contributed by atoms with E-state index in [0.29, 0.717) is 6.61 Å². The van der Waals surface area contributed by atoms with E-state index in [1.807, 2.05) is 30.3 Å². The van der Waals surface area contributed by atoms with Gasteiger partial charge in [-0.3, -0.25) is 0 Å². The first-order chi connectivity index (χ1) is 10.9. The minimum absolute atomic E-state index is 0.596. The number of fused-ring (bicyclic) bond motifs is 1. The number of imidazole rings is 1. The Morgan fingerprint density at radius 3 is 2.59 bits per heavy atom. The van der Waals surface area contributed by atoms with Crippen molar-refractivity contribution < 1.29 is 4.74 Å². The van der Waals surface area contributed by atoms with E-state index in [1.165, 1.54) is 17.8 Å². The topological polar surface area (TPSA) is 27.1 Å². The third-order valence-corrected chi connectivity index (χ3v) is 4.06. The number of hydrogen-bond donors (Lipinski definition) is 0. The normalized spacial score (nSPS) is 13.1. The van der Waals surface area contributed by atoms with Crippen molar-refractivity contribution in [2.45, 2.75) is 26.0 Å². The lowest BCUT2D eigenvalue weighted by molar-refractivity contribution is 0.306. The van der Waals surface area contributed by atoms with Gasteiger partial charge >= 0.3 is 0 Å². The molecule has 0 N–H and O–H groups in total. The van der Waals surface area contributed by atoms with Crippen molar-refractivity contribution >= 4 is 0 Å². The van der Waals surface area contributed by atoms with Crippen molar-refractivity contribution in [3.8, 4) is 17.0 Å². The van der Waals surface area contributed by atoms with Gasteiger partial charge in [0.2, 0.25) is 0 Å². The standard InChI is InChI=1S/C19H18N2O/c1-2-5-15(6-3-1)14-22-17-10-8-16(9-11-17)18-13-21-12-4-7-19(21)20-18/h1-3,5-6,8-11,13H,4,7,12,14H2. The van der Waals surface area contributed by atoms with E-state index in [-0.39, 0.29) is 0 Å². The molecule has 2 heterocycles. The second kappa shape index (κ2) is 5.68. The highest BCUT2D eigenvalue weighted by atomic mass is 16.5. The average molecular weight is 290 g/mol. The molecular weight excluding hydrogens is 272 g/mol. The molecule has 1 aromatic heterocycles. The Labute approximate surface area is 130 Å². The molecule has 22 heavy (non-hydrogen) atoms. The average Bonchev–Trinajstić information content (AvgIpc) is 3.16. The molecule has 0 spiro atoms. The van der Waals surface area contributed by atoms with Crippen molar-refractivity contribution in [3.63, 3.8) is 0 Å². The van der Waals surface area contributed by atoms with Gasteiger partial charge in [-0.1, -0.05) is 30.3 Å². The summed E-state index contributed by atoms with van der Waals surface area (Å²) in [7, 11) is 0. The number of benzene rings is 2. The zero-order valence-corrected chi connectivity index (χ0v) is 12.4. The maximum atomic E-state index is 5.82. The molecule has 0 amide bonds. The number of aromatic nitrogens is 2. The number of ether oxygens (including phenoxy) is 1. The summed E-state index contributed by atoms with van der Waals surface area (Å²) in [5, 5.41) is 0. The van der Waals surface area contributed by atoms with Gasteiger partial charge in [0.1, 0.15) is 18.2 Å². The fourth-order valence-corrected chi connectivity index (χ4v) is 2.86. The lowest BCUT2D eigenvalue weighted by atomic mass is 10.1. The summed E-state index contributed by atoms with van der Waals surface area (Å²) in [6, 6.07) is 18.4. The van der Waals surface area contributed by atoms with Crippen molar-refractivity contribution in [2.24, 2.45) is 0 Å². The maximum absolute atomic E-state index is 5.82. The van der Waals surface area contributed by atoms with Crippen molar-refractivity contribution in [2.75, 3.05) is 0 Å². The van der Waals surface area contributed by atoms with E-state index in [0.717, 1.165) is 30.0 Å². The quantitative estimate of drug-likeness (QED) is 0.724. The van der Waals surface area contributed by atoms with E-state index >= 15 is 0 Å². The Kier molecular flexibility index (Phi) is 3.39. The van der Waals surface area contributed by atoms with Gasteiger partial charge in [0, 0.05) is 24.7 Å². The van der Waals surface area contributed by atoms with Crippen LogP contribution in [-0.4, -0.2) is 9.55 Å². The molecule has 0 unspecified atom stereocenters. The maximum Gasteiger partial charge on any atom is 0.119 e. The molecule has 0 radical (unpaired) electrons. The molecule has 1 aliphatic rings. The minimum Gasteiger partial charge on any atom is -0.489 e. The van der Waals surface area contributed by atoms with Gasteiger partial charge in [0.05, 0.1) is 5.69 Å². The van der Waals surface area contributed by atoms with E-state index in [9.17, 15) is 0 Å². The summed E-state index contributed by atoms with van der Waals surface area (Å²) in [4.78, 5) is 4.71. The highest BCUT2D eigenvalue weighted by molar-refractivity contribution is 5.59. The number of hydrogen-bond acceptors (Lipinski definition) is 2. The van der Waals surface area contributed by atoms with Gasteiger partial charge in [-0.25, -0.2) is 4.98 Å². The molecule has 3 heteroatoms. The van der Waals surface area contributed by atoms with Gasteiger partial charge < -0.3 is 9.30 Å². The molecule has 0 saturated heterocycles. The predicted octanol–water partition coefficient (Wildman–Crippen LogP) is 4.08. The number of rotatable bonds is 4. The van der Waals surface area contributed by atoms with Crippen molar-refractivity contribution in [3.05, 3.63) is 72.2 Å². The van der Waals surface area contributed by atoms with Crippen molar-refractivity contribution in [1.29, 1.82) is 0 Å². The molecule has 3 nitrogen and oxygen atoms in total. The lowest BCUT2D eigenvalue weighted by Gasteiger charge is -2.06. The number of aryl methyl sites for hydroxylation is 2. The first kappa shape index (κ1) is 13.1. The highest BCUT2D eigenvalue weighted by Gasteiger charge is 2.14. The van der Waals surface area contributed by atoms with Crippen LogP contribution in [0.3, 0.4) is 0 Å². The number of nitrogens with zero attached hydrogens (tertiary/aromatic N) is 2. The monoisotopic (exact) mass is 290 g/mol. The molecule has 0 saturated carbocycles. The lowest BCUT2D eigenvalue weighted by Crippen LogP contribution is -1.94. The van der Waals surface area contributed by atoms with Crippen LogP contribution in [0, 0.1) is 0 Å². The molecule has 1 aliphatic heterocycles. The summed E-state index contributed by atoms with van der Waals surface area (Å²) in [6.07, 6.45) is 4.47. The van der Waals surface area contributed by atoms with Crippen LogP contribution in [0.5, 0.6) is 5.75 Å².